The molecule has 21 heavy (non-hydrogen) atoms. The molecular weight excluding hydrogens is 278 g/mol. The molecule has 1 N–H and O–H groups in total. The first kappa shape index (κ1) is 17.7. The molecule has 1 aliphatic rings. The van der Waals surface area contributed by atoms with Gasteiger partial charge in [0.05, 0.1) is 17.3 Å². The van der Waals surface area contributed by atoms with E-state index in [1.54, 1.807) is 11.8 Å². The number of allylic oxidation sites excluding steroid dienone is 2. The predicted molar refractivity (Wildman–Crippen MR) is 94.7 cm³/mol. The Bertz CT molecular complexity index is 462. The molecule has 1 saturated heterocycles. The number of nitrogens with zero attached hydrogens (tertiary/aromatic N) is 2. The molecule has 0 unspecified atom stereocenters. The molecule has 0 amide bonds. The Hall–Kier alpha value is -1.31. The van der Waals surface area contributed by atoms with Gasteiger partial charge in [-0.1, -0.05) is 32.1 Å². The first-order chi connectivity index (χ1) is 9.97. The average Bonchev–Trinajstić information content (AvgIpc) is 2.35. The van der Waals surface area contributed by atoms with Gasteiger partial charge in [0.2, 0.25) is 0 Å². The standard InChI is InChI=1S/C17H27N3S/c1-7-9-17(21-6)18-15(3)16-12-20(13-16)14(2)10-8-11-19(4)5/h9,16,18H,2-3,7,11-13H2,1,4-6H3/b17-9-. The van der Waals surface area contributed by atoms with Gasteiger partial charge < -0.3 is 10.2 Å². The van der Waals surface area contributed by atoms with Crippen LogP contribution in [-0.2, 0) is 0 Å². The maximum Gasteiger partial charge on any atom is 0.0807 e. The van der Waals surface area contributed by atoms with Crippen molar-refractivity contribution >= 4 is 11.8 Å². The van der Waals surface area contributed by atoms with Gasteiger partial charge in [-0.3, -0.25) is 4.90 Å². The van der Waals surface area contributed by atoms with E-state index in [2.05, 4.69) is 59.4 Å². The zero-order chi connectivity index (χ0) is 15.8. The SMILES string of the molecule is C=C(N/C(=C/CC)SC)C1CN(C(=C)C#CCN(C)C)C1. The molecule has 1 fully saturated rings. The quantitative estimate of drug-likeness (QED) is 0.729. The minimum atomic E-state index is 0.477. The molecule has 1 heterocycles. The summed E-state index contributed by atoms with van der Waals surface area (Å²) in [4.78, 5) is 4.26. The molecule has 0 bridgehead atoms. The minimum Gasteiger partial charge on any atom is -0.364 e. The number of nitrogens with one attached hydrogen (secondary N) is 1. The van der Waals surface area contributed by atoms with Crippen LogP contribution in [0, 0.1) is 17.8 Å². The van der Waals surface area contributed by atoms with Crippen molar-refractivity contribution in [2.24, 2.45) is 5.92 Å². The first-order valence-corrected chi connectivity index (χ1v) is 8.47. The third-order valence-electron chi connectivity index (χ3n) is 3.28. The van der Waals surface area contributed by atoms with E-state index in [-0.39, 0.29) is 0 Å². The van der Waals surface area contributed by atoms with Gasteiger partial charge in [-0.15, -0.1) is 11.8 Å². The molecule has 1 rings (SSSR count). The number of hydrogen-bond donors (Lipinski definition) is 1. The molecule has 0 aliphatic carbocycles. The summed E-state index contributed by atoms with van der Waals surface area (Å²) >= 11 is 1.73. The van der Waals surface area contributed by atoms with Crippen LogP contribution < -0.4 is 5.32 Å². The van der Waals surface area contributed by atoms with Gasteiger partial charge in [-0.2, -0.15) is 0 Å². The second-order valence-corrected chi connectivity index (χ2v) is 6.27. The lowest BCUT2D eigenvalue weighted by Crippen LogP contribution is -2.48. The van der Waals surface area contributed by atoms with Crippen molar-refractivity contribution < 1.29 is 0 Å². The molecule has 0 aromatic rings. The van der Waals surface area contributed by atoms with Crippen molar-refractivity contribution in [3.63, 3.8) is 0 Å². The van der Waals surface area contributed by atoms with E-state index < -0.39 is 0 Å². The van der Waals surface area contributed by atoms with Crippen molar-refractivity contribution in [1.82, 2.24) is 15.1 Å². The fourth-order valence-corrected chi connectivity index (χ4v) is 2.50. The van der Waals surface area contributed by atoms with Crippen molar-refractivity contribution in [2.75, 3.05) is 40.0 Å². The minimum absolute atomic E-state index is 0.477. The Kier molecular flexibility index (Phi) is 7.49. The Labute approximate surface area is 134 Å². The number of likely N-dealkylation sites (tertiary alicyclic amines) is 1. The first-order valence-electron chi connectivity index (χ1n) is 7.25. The summed E-state index contributed by atoms with van der Waals surface area (Å²) in [5.74, 6) is 6.72. The lowest BCUT2D eigenvalue weighted by Gasteiger charge is -2.41. The largest absolute Gasteiger partial charge is 0.364 e. The highest BCUT2D eigenvalue weighted by molar-refractivity contribution is 8.02. The molecule has 0 atom stereocenters. The second-order valence-electron chi connectivity index (χ2n) is 5.42. The average molecular weight is 305 g/mol. The fraction of sp³-hybridized carbons (Fsp3) is 0.529. The van der Waals surface area contributed by atoms with Crippen LogP contribution in [0.1, 0.15) is 13.3 Å². The van der Waals surface area contributed by atoms with E-state index >= 15 is 0 Å². The highest BCUT2D eigenvalue weighted by Crippen LogP contribution is 2.25. The molecule has 0 radical (unpaired) electrons. The maximum absolute atomic E-state index is 4.16. The molecule has 0 aromatic carbocycles. The van der Waals surface area contributed by atoms with E-state index in [0.29, 0.717) is 5.92 Å². The van der Waals surface area contributed by atoms with Crippen LogP contribution in [0.15, 0.2) is 35.7 Å². The molecule has 4 heteroatoms. The smallest absolute Gasteiger partial charge is 0.0807 e. The van der Waals surface area contributed by atoms with Gasteiger partial charge in [0.25, 0.3) is 0 Å². The molecule has 3 nitrogen and oxygen atoms in total. The topological polar surface area (TPSA) is 18.5 Å². The van der Waals surface area contributed by atoms with Gasteiger partial charge in [-0.05, 0) is 32.7 Å². The number of rotatable bonds is 7. The number of thioether (sulfide) groups is 1. The van der Waals surface area contributed by atoms with Gasteiger partial charge in [0.15, 0.2) is 0 Å². The highest BCUT2D eigenvalue weighted by Gasteiger charge is 2.29. The summed E-state index contributed by atoms with van der Waals surface area (Å²) in [5, 5.41) is 4.60. The summed E-state index contributed by atoms with van der Waals surface area (Å²) in [6.07, 6.45) is 5.31. The van der Waals surface area contributed by atoms with Crippen molar-refractivity contribution in [2.45, 2.75) is 13.3 Å². The van der Waals surface area contributed by atoms with Gasteiger partial charge in [0.1, 0.15) is 0 Å². The highest BCUT2D eigenvalue weighted by atomic mass is 32.2. The summed E-state index contributed by atoms with van der Waals surface area (Å²) < 4.78 is 0. The van der Waals surface area contributed by atoms with Crippen LogP contribution in [0.3, 0.4) is 0 Å². The van der Waals surface area contributed by atoms with Crippen LogP contribution in [-0.4, -0.2) is 49.8 Å². The van der Waals surface area contributed by atoms with Gasteiger partial charge in [-0.25, -0.2) is 0 Å². The fourth-order valence-electron chi connectivity index (χ4n) is 1.93. The van der Waals surface area contributed by atoms with Crippen molar-refractivity contribution in [3.05, 3.63) is 35.7 Å². The summed E-state index contributed by atoms with van der Waals surface area (Å²) in [5.41, 5.74) is 2.00. The van der Waals surface area contributed by atoms with E-state index in [1.807, 2.05) is 14.1 Å². The third kappa shape index (κ3) is 5.91. The van der Waals surface area contributed by atoms with E-state index in [1.165, 1.54) is 5.03 Å². The van der Waals surface area contributed by atoms with Crippen LogP contribution >= 0.6 is 11.8 Å². The van der Waals surface area contributed by atoms with E-state index in [0.717, 1.165) is 37.4 Å². The van der Waals surface area contributed by atoms with Crippen LogP contribution in [0.4, 0.5) is 0 Å². The van der Waals surface area contributed by atoms with E-state index in [4.69, 9.17) is 0 Å². The molecule has 1 aliphatic heterocycles. The third-order valence-corrected chi connectivity index (χ3v) is 3.99. The predicted octanol–water partition coefficient (Wildman–Crippen LogP) is 2.71. The van der Waals surface area contributed by atoms with Crippen LogP contribution in [0.2, 0.25) is 0 Å². The van der Waals surface area contributed by atoms with Gasteiger partial charge in [0, 0.05) is 24.7 Å². The Morgan fingerprint density at radius 2 is 2.10 bits per heavy atom. The summed E-state index contributed by atoms with van der Waals surface area (Å²) in [7, 11) is 4.03. The zero-order valence-electron chi connectivity index (χ0n) is 13.7. The number of hydrogen-bond acceptors (Lipinski definition) is 4. The zero-order valence-corrected chi connectivity index (χ0v) is 14.5. The van der Waals surface area contributed by atoms with Gasteiger partial charge >= 0.3 is 0 Å². The Morgan fingerprint density at radius 1 is 1.43 bits per heavy atom. The lowest BCUT2D eigenvalue weighted by molar-refractivity contribution is 0.174. The summed E-state index contributed by atoms with van der Waals surface area (Å²) in [6.45, 7) is 13.0. The summed E-state index contributed by atoms with van der Waals surface area (Å²) in [6, 6.07) is 0. The Balaban J connectivity index is 2.38. The molecular formula is C17H27N3S. The second kappa shape index (κ2) is 8.86. The monoisotopic (exact) mass is 305 g/mol. The van der Waals surface area contributed by atoms with Crippen molar-refractivity contribution in [3.8, 4) is 11.8 Å². The molecule has 0 spiro atoms. The van der Waals surface area contributed by atoms with Crippen molar-refractivity contribution in [1.29, 1.82) is 0 Å². The molecule has 0 aromatic heterocycles. The van der Waals surface area contributed by atoms with Crippen LogP contribution in [0.25, 0.3) is 0 Å². The van der Waals surface area contributed by atoms with E-state index in [9.17, 15) is 0 Å². The Morgan fingerprint density at radius 3 is 2.62 bits per heavy atom. The van der Waals surface area contributed by atoms with Crippen LogP contribution in [0.5, 0.6) is 0 Å². The normalized spacial score (nSPS) is 15.3. The lowest BCUT2D eigenvalue weighted by atomic mass is 9.96. The molecule has 116 valence electrons. The maximum atomic E-state index is 4.16. The molecule has 0 saturated carbocycles.